The minimum absolute atomic E-state index is 0.0394. The topological polar surface area (TPSA) is 81.1 Å². The molecule has 0 fully saturated rings. The van der Waals surface area contributed by atoms with Gasteiger partial charge in [0.1, 0.15) is 11.6 Å². The van der Waals surface area contributed by atoms with E-state index in [1.807, 2.05) is 0 Å². The van der Waals surface area contributed by atoms with E-state index >= 15 is 0 Å². The predicted octanol–water partition coefficient (Wildman–Crippen LogP) is 2.56. The van der Waals surface area contributed by atoms with E-state index in [0.29, 0.717) is 17.7 Å². The summed E-state index contributed by atoms with van der Waals surface area (Å²) in [7, 11) is -3.76. The van der Waals surface area contributed by atoms with Gasteiger partial charge in [-0.05, 0) is 61.0 Å². The molecule has 146 valence electrons. The van der Waals surface area contributed by atoms with Crippen LogP contribution in [0, 0.1) is 11.6 Å². The van der Waals surface area contributed by atoms with Crippen molar-refractivity contribution in [2.24, 2.45) is 0 Å². The first-order valence-corrected chi connectivity index (χ1v) is 9.93. The Bertz CT molecular complexity index is 1110. The summed E-state index contributed by atoms with van der Waals surface area (Å²) >= 11 is 0. The fourth-order valence-corrected chi connectivity index (χ4v) is 3.59. The zero-order chi connectivity index (χ0) is 20.1. The van der Waals surface area contributed by atoms with E-state index in [0.717, 1.165) is 12.1 Å². The van der Waals surface area contributed by atoms with Crippen molar-refractivity contribution in [3.63, 3.8) is 0 Å². The first kappa shape index (κ1) is 19.8. The fourth-order valence-electron chi connectivity index (χ4n) is 2.52. The molecule has 0 saturated heterocycles. The summed E-state index contributed by atoms with van der Waals surface area (Å²) in [6.45, 7) is 0.272. The Hall–Kier alpha value is -2.91. The quantitative estimate of drug-likeness (QED) is 0.613. The molecule has 0 atom stereocenters. The molecular weight excluding hydrogens is 388 g/mol. The Morgan fingerprint density at radius 2 is 1.50 bits per heavy atom. The third kappa shape index (κ3) is 4.87. The Kier molecular flexibility index (Phi) is 5.96. The predicted molar refractivity (Wildman–Crippen MR) is 100 cm³/mol. The molecule has 0 saturated carbocycles. The number of nitrogens with one attached hydrogen (secondary N) is 1. The molecule has 0 aliphatic rings. The van der Waals surface area contributed by atoms with E-state index in [4.69, 9.17) is 0 Å². The lowest BCUT2D eigenvalue weighted by atomic mass is 10.1. The van der Waals surface area contributed by atoms with Crippen molar-refractivity contribution >= 4 is 10.0 Å². The summed E-state index contributed by atoms with van der Waals surface area (Å²) in [4.78, 5) is 11.9. The van der Waals surface area contributed by atoms with E-state index in [1.54, 1.807) is 18.2 Å². The Balaban J connectivity index is 1.63. The number of benzene rings is 2. The van der Waals surface area contributed by atoms with Crippen molar-refractivity contribution in [1.29, 1.82) is 0 Å². The molecule has 2 aromatic carbocycles. The number of aryl methyl sites for hydroxylation is 1. The highest BCUT2D eigenvalue weighted by Crippen LogP contribution is 2.15. The highest BCUT2D eigenvalue weighted by atomic mass is 32.2. The third-order valence-electron chi connectivity index (χ3n) is 3.97. The number of rotatable bonds is 7. The van der Waals surface area contributed by atoms with Crippen LogP contribution in [-0.4, -0.2) is 24.7 Å². The smallest absolute Gasteiger partial charge is 0.266 e. The Labute approximate surface area is 160 Å². The lowest BCUT2D eigenvalue weighted by Crippen LogP contribution is -2.28. The number of aromatic nitrogens is 2. The maximum Gasteiger partial charge on any atom is 0.266 e. The van der Waals surface area contributed by atoms with Gasteiger partial charge in [0.15, 0.2) is 0 Å². The number of halogens is 2. The van der Waals surface area contributed by atoms with Crippen LogP contribution in [0.25, 0.3) is 11.3 Å². The van der Waals surface area contributed by atoms with Crippen LogP contribution in [0.2, 0.25) is 0 Å². The number of hydrogen-bond donors (Lipinski definition) is 1. The highest BCUT2D eigenvalue weighted by Gasteiger charge is 2.13. The molecule has 1 aromatic heterocycles. The van der Waals surface area contributed by atoms with Gasteiger partial charge < -0.3 is 0 Å². The standard InChI is InChI=1S/C19H17F2N3O3S/c20-15-4-2-14(3-5-15)18-10-11-19(25)24(23-18)13-1-12-22-28(26,27)17-8-6-16(21)7-9-17/h2-11,22H,1,12-13H2. The van der Waals surface area contributed by atoms with Crippen LogP contribution in [0.5, 0.6) is 0 Å². The van der Waals surface area contributed by atoms with Gasteiger partial charge in [0.25, 0.3) is 5.56 Å². The van der Waals surface area contributed by atoms with Crippen LogP contribution < -0.4 is 10.3 Å². The van der Waals surface area contributed by atoms with Crippen molar-refractivity contribution in [3.8, 4) is 11.3 Å². The zero-order valence-electron chi connectivity index (χ0n) is 14.7. The van der Waals surface area contributed by atoms with Crippen LogP contribution in [-0.2, 0) is 16.6 Å². The average Bonchev–Trinajstić information content (AvgIpc) is 2.67. The first-order chi connectivity index (χ1) is 13.3. The largest absolute Gasteiger partial charge is 0.268 e. The summed E-state index contributed by atoms with van der Waals surface area (Å²) in [5.74, 6) is -0.893. The molecule has 9 heteroatoms. The molecule has 28 heavy (non-hydrogen) atoms. The van der Waals surface area contributed by atoms with Gasteiger partial charge >= 0.3 is 0 Å². The van der Waals surface area contributed by atoms with Gasteiger partial charge in [-0.2, -0.15) is 5.10 Å². The molecule has 3 rings (SSSR count). The summed E-state index contributed by atoms with van der Waals surface area (Å²) in [6.07, 6.45) is 0.320. The second-order valence-electron chi connectivity index (χ2n) is 5.99. The van der Waals surface area contributed by atoms with E-state index in [-0.39, 0.29) is 29.4 Å². The Morgan fingerprint density at radius 3 is 2.14 bits per heavy atom. The zero-order valence-corrected chi connectivity index (χ0v) is 15.5. The first-order valence-electron chi connectivity index (χ1n) is 8.44. The summed E-state index contributed by atoms with van der Waals surface area (Å²) in [6, 6.07) is 13.1. The van der Waals surface area contributed by atoms with Gasteiger partial charge in [-0.15, -0.1) is 0 Å². The van der Waals surface area contributed by atoms with Gasteiger partial charge in [0.05, 0.1) is 10.6 Å². The monoisotopic (exact) mass is 405 g/mol. The lowest BCUT2D eigenvalue weighted by molar-refractivity contribution is 0.536. The van der Waals surface area contributed by atoms with Crippen LogP contribution in [0.4, 0.5) is 8.78 Å². The highest BCUT2D eigenvalue weighted by molar-refractivity contribution is 7.89. The van der Waals surface area contributed by atoms with Crippen LogP contribution in [0.3, 0.4) is 0 Å². The number of nitrogens with zero attached hydrogens (tertiary/aromatic N) is 2. The molecule has 0 bridgehead atoms. The normalized spacial score (nSPS) is 11.5. The minimum Gasteiger partial charge on any atom is -0.268 e. The number of sulfonamides is 1. The molecule has 1 N–H and O–H groups in total. The fraction of sp³-hybridized carbons (Fsp3) is 0.158. The van der Waals surface area contributed by atoms with Gasteiger partial charge in [0, 0.05) is 24.7 Å². The summed E-state index contributed by atoms with van der Waals surface area (Å²) in [5.41, 5.74) is 0.839. The van der Waals surface area contributed by atoms with Crippen molar-refractivity contribution in [3.05, 3.63) is 82.7 Å². The lowest BCUT2D eigenvalue weighted by Gasteiger charge is -2.09. The van der Waals surface area contributed by atoms with Crippen molar-refractivity contribution in [2.45, 2.75) is 17.9 Å². The van der Waals surface area contributed by atoms with Crippen LogP contribution in [0.1, 0.15) is 6.42 Å². The molecule has 0 aliphatic heterocycles. The van der Waals surface area contributed by atoms with Crippen LogP contribution >= 0.6 is 0 Å². The van der Waals surface area contributed by atoms with Gasteiger partial charge in [-0.1, -0.05) is 0 Å². The van der Waals surface area contributed by atoms with E-state index in [9.17, 15) is 22.0 Å². The molecular formula is C19H17F2N3O3S. The molecule has 0 unspecified atom stereocenters. The van der Waals surface area contributed by atoms with Gasteiger partial charge in [-0.3, -0.25) is 4.79 Å². The molecule has 1 heterocycles. The van der Waals surface area contributed by atoms with E-state index in [2.05, 4.69) is 9.82 Å². The molecule has 0 aliphatic carbocycles. The minimum atomic E-state index is -3.76. The third-order valence-corrected chi connectivity index (χ3v) is 5.45. The van der Waals surface area contributed by atoms with Crippen molar-refractivity contribution in [2.75, 3.05) is 6.54 Å². The van der Waals surface area contributed by atoms with E-state index in [1.165, 1.54) is 35.0 Å². The molecule has 0 radical (unpaired) electrons. The van der Waals surface area contributed by atoms with Gasteiger partial charge in [0.2, 0.25) is 10.0 Å². The van der Waals surface area contributed by atoms with Crippen molar-refractivity contribution < 1.29 is 17.2 Å². The van der Waals surface area contributed by atoms with Gasteiger partial charge in [-0.25, -0.2) is 26.6 Å². The second kappa shape index (κ2) is 8.41. The average molecular weight is 405 g/mol. The second-order valence-corrected chi connectivity index (χ2v) is 7.76. The Morgan fingerprint density at radius 1 is 0.893 bits per heavy atom. The molecule has 0 spiro atoms. The SMILES string of the molecule is O=c1ccc(-c2ccc(F)cc2)nn1CCCNS(=O)(=O)c1ccc(F)cc1. The molecule has 6 nitrogen and oxygen atoms in total. The number of hydrogen-bond acceptors (Lipinski definition) is 4. The molecule has 3 aromatic rings. The molecule has 0 amide bonds. The maximum atomic E-state index is 13.0. The van der Waals surface area contributed by atoms with Crippen molar-refractivity contribution in [1.82, 2.24) is 14.5 Å². The van der Waals surface area contributed by atoms with E-state index < -0.39 is 15.8 Å². The summed E-state index contributed by atoms with van der Waals surface area (Å²) in [5, 5.41) is 4.24. The van der Waals surface area contributed by atoms with Crippen LogP contribution in [0.15, 0.2) is 70.4 Å². The summed E-state index contributed by atoms with van der Waals surface area (Å²) < 4.78 is 53.9. The maximum absolute atomic E-state index is 13.0.